The number of hydrogen-bond donors (Lipinski definition) is 0. The highest BCUT2D eigenvalue weighted by Crippen LogP contribution is 2.25. The van der Waals surface area contributed by atoms with Crippen molar-refractivity contribution in [2.24, 2.45) is 4.99 Å². The predicted octanol–water partition coefficient (Wildman–Crippen LogP) is 7.75. The molecule has 0 N–H and O–H groups in total. The highest BCUT2D eigenvalue weighted by atomic mass is 16.5. The van der Waals surface area contributed by atoms with Crippen molar-refractivity contribution in [3.05, 3.63) is 127 Å². The number of para-hydroxylation sites is 1. The summed E-state index contributed by atoms with van der Waals surface area (Å²) in [5.41, 5.74) is 4.94. The summed E-state index contributed by atoms with van der Waals surface area (Å²) in [4.78, 5) is 4.73. The Morgan fingerprint density at radius 1 is 0.688 bits per heavy atom. The summed E-state index contributed by atoms with van der Waals surface area (Å²) in [6.45, 7) is 3.97. The van der Waals surface area contributed by atoms with E-state index in [1.807, 2.05) is 105 Å². The Morgan fingerprint density at radius 3 is 2.09 bits per heavy atom. The summed E-state index contributed by atoms with van der Waals surface area (Å²) < 4.78 is 12.1. The SMILES string of the molecule is C/C(=C\Oc1cccc(C)c1)C(=Nc1ccccc1)Oc1cccc(-c2ccccc2)c1. The Morgan fingerprint density at radius 2 is 1.34 bits per heavy atom. The molecular formula is C29H25NO2. The lowest BCUT2D eigenvalue weighted by Gasteiger charge is -2.12. The van der Waals surface area contributed by atoms with Crippen LogP contribution in [-0.4, -0.2) is 5.90 Å². The molecule has 0 saturated heterocycles. The van der Waals surface area contributed by atoms with Gasteiger partial charge < -0.3 is 9.47 Å². The van der Waals surface area contributed by atoms with Crippen LogP contribution in [-0.2, 0) is 0 Å². The average molecular weight is 420 g/mol. The molecule has 0 heterocycles. The van der Waals surface area contributed by atoms with Gasteiger partial charge in [-0.05, 0) is 66.9 Å². The molecule has 0 amide bonds. The molecule has 0 radical (unpaired) electrons. The van der Waals surface area contributed by atoms with Crippen molar-refractivity contribution < 1.29 is 9.47 Å². The first-order valence-electron chi connectivity index (χ1n) is 10.5. The van der Waals surface area contributed by atoms with Crippen molar-refractivity contribution in [3.63, 3.8) is 0 Å². The second kappa shape index (κ2) is 10.3. The fraction of sp³-hybridized carbons (Fsp3) is 0.0690. The van der Waals surface area contributed by atoms with Gasteiger partial charge in [0.05, 0.1) is 11.9 Å². The summed E-state index contributed by atoms with van der Waals surface area (Å²) in [5.74, 6) is 1.97. The van der Waals surface area contributed by atoms with E-state index in [1.54, 1.807) is 6.26 Å². The number of aryl methyl sites for hydroxylation is 1. The maximum atomic E-state index is 6.26. The minimum Gasteiger partial charge on any atom is -0.465 e. The van der Waals surface area contributed by atoms with Gasteiger partial charge in [-0.15, -0.1) is 0 Å². The van der Waals surface area contributed by atoms with Crippen LogP contribution in [0.1, 0.15) is 12.5 Å². The lowest BCUT2D eigenvalue weighted by molar-refractivity contribution is 0.473. The second-order valence-corrected chi connectivity index (χ2v) is 7.48. The second-order valence-electron chi connectivity index (χ2n) is 7.48. The first-order valence-corrected chi connectivity index (χ1v) is 10.5. The van der Waals surface area contributed by atoms with Gasteiger partial charge in [0.15, 0.2) is 0 Å². The molecule has 0 bridgehead atoms. The molecule has 3 heteroatoms. The molecule has 4 aromatic rings. The van der Waals surface area contributed by atoms with E-state index < -0.39 is 0 Å². The van der Waals surface area contributed by atoms with E-state index in [9.17, 15) is 0 Å². The maximum Gasteiger partial charge on any atom is 0.225 e. The minimum absolute atomic E-state index is 0.481. The van der Waals surface area contributed by atoms with Gasteiger partial charge in [0.25, 0.3) is 0 Å². The van der Waals surface area contributed by atoms with Crippen molar-refractivity contribution in [3.8, 4) is 22.6 Å². The van der Waals surface area contributed by atoms with E-state index in [-0.39, 0.29) is 0 Å². The lowest BCUT2D eigenvalue weighted by Crippen LogP contribution is -2.11. The molecule has 4 rings (SSSR count). The molecule has 4 aromatic carbocycles. The molecular weight excluding hydrogens is 394 g/mol. The first kappa shape index (κ1) is 21.1. The van der Waals surface area contributed by atoms with E-state index >= 15 is 0 Å². The molecule has 0 fully saturated rings. The lowest BCUT2D eigenvalue weighted by atomic mass is 10.1. The summed E-state index contributed by atoms with van der Waals surface area (Å²) in [5, 5.41) is 0. The smallest absolute Gasteiger partial charge is 0.225 e. The monoisotopic (exact) mass is 419 g/mol. The third-order valence-electron chi connectivity index (χ3n) is 4.84. The number of rotatable bonds is 6. The summed E-state index contributed by atoms with van der Waals surface area (Å²) >= 11 is 0. The molecule has 158 valence electrons. The van der Waals surface area contributed by atoms with Crippen molar-refractivity contribution in [1.29, 1.82) is 0 Å². The van der Waals surface area contributed by atoms with Crippen LogP contribution in [0, 0.1) is 6.92 Å². The fourth-order valence-corrected chi connectivity index (χ4v) is 3.19. The van der Waals surface area contributed by atoms with Crippen LogP contribution in [0.2, 0.25) is 0 Å². The molecule has 0 aliphatic rings. The van der Waals surface area contributed by atoms with Crippen molar-refractivity contribution >= 4 is 11.6 Å². The first-order chi connectivity index (χ1) is 15.7. The van der Waals surface area contributed by atoms with Crippen LogP contribution in [0.3, 0.4) is 0 Å². The molecule has 3 nitrogen and oxygen atoms in total. The summed E-state index contributed by atoms with van der Waals surface area (Å²) in [6.07, 6.45) is 1.68. The average Bonchev–Trinajstić information content (AvgIpc) is 2.84. The molecule has 0 aliphatic heterocycles. The number of ether oxygens (including phenoxy) is 2. The van der Waals surface area contributed by atoms with Gasteiger partial charge in [0.1, 0.15) is 11.5 Å². The van der Waals surface area contributed by atoms with Gasteiger partial charge in [-0.1, -0.05) is 72.8 Å². The zero-order valence-corrected chi connectivity index (χ0v) is 18.2. The maximum absolute atomic E-state index is 6.26. The van der Waals surface area contributed by atoms with E-state index in [0.717, 1.165) is 33.7 Å². The van der Waals surface area contributed by atoms with Crippen LogP contribution in [0.25, 0.3) is 11.1 Å². The quantitative estimate of drug-likeness (QED) is 0.182. The Hall–Kier alpha value is -4.11. The van der Waals surface area contributed by atoms with Gasteiger partial charge in [0, 0.05) is 5.57 Å². The van der Waals surface area contributed by atoms with Crippen LogP contribution < -0.4 is 9.47 Å². The Labute approximate surface area is 189 Å². The van der Waals surface area contributed by atoms with Crippen molar-refractivity contribution in [2.75, 3.05) is 0 Å². The van der Waals surface area contributed by atoms with E-state index in [0.29, 0.717) is 11.6 Å². The zero-order chi connectivity index (χ0) is 22.2. The Kier molecular flexibility index (Phi) is 6.78. The topological polar surface area (TPSA) is 30.8 Å². The predicted molar refractivity (Wildman–Crippen MR) is 132 cm³/mol. The standard InChI is InChI=1S/C29H25NO2/c1-22-11-9-17-27(19-22)31-21-23(2)29(30-26-15-7-4-8-16-26)32-28-18-10-14-25(20-28)24-12-5-3-6-13-24/h3-21H,1-2H3/b23-21+,30-29?. The molecule has 0 aliphatic carbocycles. The fourth-order valence-electron chi connectivity index (χ4n) is 3.19. The third-order valence-corrected chi connectivity index (χ3v) is 4.84. The van der Waals surface area contributed by atoms with Crippen LogP contribution in [0.15, 0.2) is 126 Å². The van der Waals surface area contributed by atoms with Crippen LogP contribution in [0.4, 0.5) is 5.69 Å². The third kappa shape index (κ3) is 5.73. The molecule has 32 heavy (non-hydrogen) atoms. The largest absolute Gasteiger partial charge is 0.465 e. The molecule has 0 saturated carbocycles. The Balaban J connectivity index is 1.63. The van der Waals surface area contributed by atoms with Crippen LogP contribution >= 0.6 is 0 Å². The van der Waals surface area contributed by atoms with Crippen molar-refractivity contribution in [1.82, 2.24) is 0 Å². The number of nitrogens with zero attached hydrogens (tertiary/aromatic N) is 1. The molecule has 0 aromatic heterocycles. The number of hydrogen-bond acceptors (Lipinski definition) is 3. The molecule has 0 atom stereocenters. The highest BCUT2D eigenvalue weighted by Gasteiger charge is 2.09. The summed E-state index contributed by atoms with van der Waals surface area (Å²) in [7, 11) is 0. The number of aliphatic imine (C=N–C) groups is 1. The highest BCUT2D eigenvalue weighted by molar-refractivity contribution is 5.96. The Bertz CT molecular complexity index is 1230. The van der Waals surface area contributed by atoms with E-state index in [2.05, 4.69) is 18.2 Å². The van der Waals surface area contributed by atoms with Crippen molar-refractivity contribution in [2.45, 2.75) is 13.8 Å². The normalized spacial score (nSPS) is 11.8. The minimum atomic E-state index is 0.481. The van der Waals surface area contributed by atoms with E-state index in [1.165, 1.54) is 0 Å². The van der Waals surface area contributed by atoms with Crippen LogP contribution in [0.5, 0.6) is 11.5 Å². The summed E-state index contributed by atoms with van der Waals surface area (Å²) in [6, 6.07) is 35.9. The number of benzene rings is 4. The van der Waals surface area contributed by atoms with Gasteiger partial charge >= 0.3 is 0 Å². The van der Waals surface area contributed by atoms with Gasteiger partial charge in [-0.2, -0.15) is 0 Å². The zero-order valence-electron chi connectivity index (χ0n) is 18.2. The molecule has 0 unspecified atom stereocenters. The van der Waals surface area contributed by atoms with E-state index in [4.69, 9.17) is 14.5 Å². The van der Waals surface area contributed by atoms with Gasteiger partial charge in [-0.25, -0.2) is 4.99 Å². The van der Waals surface area contributed by atoms with Gasteiger partial charge in [-0.3, -0.25) is 0 Å². The molecule has 0 spiro atoms. The van der Waals surface area contributed by atoms with Gasteiger partial charge in [0.2, 0.25) is 5.90 Å².